The summed E-state index contributed by atoms with van der Waals surface area (Å²) in [5.74, 6) is -2.35. The number of carboxylic acids is 1. The standard InChI is InChI=1S/C40H56N2O17S4/c1-39(17-8-26-60(45,46)47)32-28-30(62(51,52)53)13-15-34(32)42(20-9-27-61(48,49)50)36(39)10-7-11-37-40(2,18-21-58-24-25-59-23-22-57-3)33-29-31(63(54,55)56)14-16-35(33)41(37)19-6-4-5-12-38(43)44/h7,10-11,13-16,28-29H,4-6,8-9,12,17-27H2,1-3H3,(H4-,43,44,45,46,47,48,49,50,51,52,53,54,55,56)/p-2. The predicted molar refractivity (Wildman–Crippen MR) is 227 cm³/mol. The van der Waals surface area contributed by atoms with Gasteiger partial charge in [0.2, 0.25) is 5.69 Å². The number of aliphatic carboxylic acids is 1. The van der Waals surface area contributed by atoms with E-state index in [0.29, 0.717) is 67.4 Å². The Bertz CT molecular complexity index is 2520. The summed E-state index contributed by atoms with van der Waals surface area (Å²) < 4.78 is 160. The van der Waals surface area contributed by atoms with Gasteiger partial charge >= 0.3 is 5.97 Å². The Morgan fingerprint density at radius 3 is 1.98 bits per heavy atom. The maximum Gasteiger partial charge on any atom is 0.303 e. The van der Waals surface area contributed by atoms with Gasteiger partial charge in [0.25, 0.3) is 10.1 Å². The molecule has 0 saturated heterocycles. The van der Waals surface area contributed by atoms with E-state index in [1.165, 1.54) is 30.3 Å². The van der Waals surface area contributed by atoms with Crippen LogP contribution in [0.1, 0.15) is 76.3 Å². The van der Waals surface area contributed by atoms with Crippen LogP contribution in [0.3, 0.4) is 0 Å². The SMILES string of the molecule is COCCOCCOCCC1(C)C(=CC=CC2=[N+](CCCS(=O)(=O)O)c3ccc(S(=O)(=O)[O-])cc3C2(C)CCCS(=O)(=O)[O-])N(CCCCCC(=O)O)c2ccc(S(=O)(=O)[O-])cc21. The quantitative estimate of drug-likeness (QED) is 0.0737. The van der Waals surface area contributed by atoms with Crippen molar-refractivity contribution >= 4 is 63.5 Å². The predicted octanol–water partition coefficient (Wildman–Crippen LogP) is 3.39. The Kier molecular flexibility index (Phi) is 17.8. The smallest absolute Gasteiger partial charge is 0.303 e. The molecule has 352 valence electrons. The van der Waals surface area contributed by atoms with Crippen molar-refractivity contribution in [3.8, 4) is 0 Å². The van der Waals surface area contributed by atoms with Crippen LogP contribution in [-0.4, -0.2) is 138 Å². The molecular formula is C40H54N2O17S4-2. The first-order valence-electron chi connectivity index (χ1n) is 20.1. The molecule has 0 aliphatic carbocycles. The minimum absolute atomic E-state index is 0.0412. The summed E-state index contributed by atoms with van der Waals surface area (Å²) in [6.45, 7) is 5.22. The zero-order chi connectivity index (χ0) is 46.9. The zero-order valence-corrected chi connectivity index (χ0v) is 38.5. The summed E-state index contributed by atoms with van der Waals surface area (Å²) in [4.78, 5) is 12.1. The molecular weight excluding hydrogens is 909 g/mol. The van der Waals surface area contributed by atoms with E-state index in [1.807, 2.05) is 11.8 Å². The van der Waals surface area contributed by atoms with Crippen LogP contribution in [0.2, 0.25) is 0 Å². The molecule has 2 N–H and O–H groups in total. The Balaban J connectivity index is 1.89. The average molecular weight is 963 g/mol. The van der Waals surface area contributed by atoms with Crippen molar-refractivity contribution in [2.75, 3.05) is 69.6 Å². The fourth-order valence-corrected chi connectivity index (χ4v) is 10.1. The number of unbranched alkanes of at least 4 members (excludes halogenated alkanes) is 2. The second-order valence-electron chi connectivity index (χ2n) is 15.7. The first-order chi connectivity index (χ1) is 29.3. The van der Waals surface area contributed by atoms with Crippen LogP contribution >= 0.6 is 0 Å². The van der Waals surface area contributed by atoms with Crippen molar-refractivity contribution in [1.29, 1.82) is 0 Å². The molecule has 0 spiro atoms. The second-order valence-corrected chi connectivity index (χ2v) is 21.6. The molecule has 23 heteroatoms. The summed E-state index contributed by atoms with van der Waals surface area (Å²) in [7, 11) is -17.4. The molecule has 2 aromatic carbocycles. The first kappa shape index (κ1) is 52.0. The average Bonchev–Trinajstić information content (AvgIpc) is 3.53. The number of anilines is 1. The number of hydrogen-bond donors (Lipinski definition) is 2. The summed E-state index contributed by atoms with van der Waals surface area (Å²) in [6, 6.07) is 7.71. The molecule has 0 amide bonds. The minimum atomic E-state index is -4.99. The lowest BCUT2D eigenvalue weighted by Gasteiger charge is -2.30. The number of ether oxygens (including phenoxy) is 3. The second kappa shape index (κ2) is 21.6. The van der Waals surface area contributed by atoms with E-state index in [9.17, 15) is 61.8 Å². The van der Waals surface area contributed by atoms with E-state index in [4.69, 9.17) is 14.2 Å². The van der Waals surface area contributed by atoms with Crippen molar-refractivity contribution in [2.24, 2.45) is 0 Å². The maximum atomic E-state index is 12.3. The van der Waals surface area contributed by atoms with Crippen LogP contribution in [0.4, 0.5) is 11.4 Å². The number of fused-ring (bicyclic) bond motifs is 2. The molecule has 2 heterocycles. The van der Waals surface area contributed by atoms with Gasteiger partial charge in [0.15, 0.2) is 5.71 Å². The molecule has 2 unspecified atom stereocenters. The summed E-state index contributed by atoms with van der Waals surface area (Å²) in [5.41, 5.74) is 0.505. The van der Waals surface area contributed by atoms with Crippen LogP contribution in [0.5, 0.6) is 0 Å². The molecule has 0 fully saturated rings. The van der Waals surface area contributed by atoms with Crippen LogP contribution in [0.25, 0.3) is 0 Å². The Morgan fingerprint density at radius 1 is 0.762 bits per heavy atom. The number of rotatable bonds is 27. The maximum absolute atomic E-state index is 12.3. The minimum Gasteiger partial charge on any atom is -0.748 e. The molecule has 0 saturated carbocycles. The monoisotopic (exact) mass is 962 g/mol. The van der Waals surface area contributed by atoms with Gasteiger partial charge in [-0.2, -0.15) is 13.0 Å². The van der Waals surface area contributed by atoms with E-state index in [0.717, 1.165) is 6.07 Å². The van der Waals surface area contributed by atoms with Gasteiger partial charge in [-0.25, -0.2) is 25.3 Å². The molecule has 19 nitrogen and oxygen atoms in total. The summed E-state index contributed by atoms with van der Waals surface area (Å²) in [5, 5.41) is 9.20. The highest BCUT2D eigenvalue weighted by molar-refractivity contribution is 7.86. The number of methoxy groups -OCH3 is 1. The fourth-order valence-electron chi connectivity index (χ4n) is 8.08. The van der Waals surface area contributed by atoms with E-state index in [2.05, 4.69) is 0 Å². The molecule has 2 aliphatic rings. The number of allylic oxidation sites excluding steroid dienone is 4. The van der Waals surface area contributed by atoms with Gasteiger partial charge in [-0.1, -0.05) is 12.5 Å². The number of benzene rings is 2. The van der Waals surface area contributed by atoms with Crippen LogP contribution < -0.4 is 4.90 Å². The van der Waals surface area contributed by atoms with Gasteiger partial charge in [-0.15, -0.1) is 0 Å². The van der Waals surface area contributed by atoms with E-state index in [-0.39, 0.29) is 64.0 Å². The van der Waals surface area contributed by atoms with Gasteiger partial charge in [-0.3, -0.25) is 9.35 Å². The lowest BCUT2D eigenvalue weighted by Crippen LogP contribution is -2.32. The van der Waals surface area contributed by atoms with Gasteiger partial charge in [0.05, 0.1) is 57.5 Å². The van der Waals surface area contributed by atoms with Crippen molar-refractivity contribution in [3.63, 3.8) is 0 Å². The van der Waals surface area contributed by atoms with Crippen molar-refractivity contribution in [3.05, 3.63) is 71.5 Å². The largest absolute Gasteiger partial charge is 0.748 e. The molecule has 2 atom stereocenters. The van der Waals surface area contributed by atoms with Crippen molar-refractivity contribution < 1.29 is 80.6 Å². The normalized spacial score (nSPS) is 20.0. The van der Waals surface area contributed by atoms with E-state index < -0.39 is 78.6 Å². The summed E-state index contributed by atoms with van der Waals surface area (Å²) >= 11 is 0. The van der Waals surface area contributed by atoms with Gasteiger partial charge < -0.3 is 37.9 Å². The fraction of sp³-hybridized carbons (Fsp3) is 0.550. The lowest BCUT2D eigenvalue weighted by atomic mass is 9.75. The third-order valence-corrected chi connectivity index (χ3v) is 14.4. The highest BCUT2D eigenvalue weighted by atomic mass is 32.2. The summed E-state index contributed by atoms with van der Waals surface area (Å²) in [6.07, 6.45) is 6.38. The van der Waals surface area contributed by atoms with Crippen molar-refractivity contribution in [2.45, 2.75) is 85.8 Å². The van der Waals surface area contributed by atoms with Gasteiger partial charge in [0.1, 0.15) is 26.8 Å². The highest BCUT2D eigenvalue weighted by Gasteiger charge is 2.48. The topological polar surface area (TPSA) is 297 Å². The van der Waals surface area contributed by atoms with E-state index in [1.54, 1.807) is 36.8 Å². The Labute approximate surface area is 369 Å². The third kappa shape index (κ3) is 14.2. The molecule has 0 radical (unpaired) electrons. The number of hydrogen-bond acceptors (Lipinski definition) is 16. The number of carbonyl (C=O) groups is 1. The Morgan fingerprint density at radius 2 is 1.38 bits per heavy atom. The van der Waals surface area contributed by atoms with Crippen LogP contribution in [0.15, 0.2) is 70.1 Å². The molecule has 63 heavy (non-hydrogen) atoms. The molecule has 2 aromatic rings. The van der Waals surface area contributed by atoms with Crippen LogP contribution in [-0.2, 0) is 70.3 Å². The molecule has 2 aliphatic heterocycles. The number of nitrogens with zero attached hydrogens (tertiary/aromatic N) is 2. The zero-order valence-electron chi connectivity index (χ0n) is 35.3. The molecule has 0 bridgehead atoms. The highest BCUT2D eigenvalue weighted by Crippen LogP contribution is 2.51. The molecule has 4 rings (SSSR count). The Hall–Kier alpha value is -3.62. The third-order valence-electron chi connectivity index (χ3n) is 11.2. The van der Waals surface area contributed by atoms with Gasteiger partial charge in [0, 0.05) is 73.4 Å². The number of carboxylic acid groups (broad SMARTS) is 1. The lowest BCUT2D eigenvalue weighted by molar-refractivity contribution is -0.437. The van der Waals surface area contributed by atoms with Gasteiger partial charge in [-0.05, 0) is 87.9 Å². The van der Waals surface area contributed by atoms with E-state index >= 15 is 0 Å². The molecule has 0 aromatic heterocycles. The van der Waals surface area contributed by atoms with Crippen LogP contribution in [0, 0.1) is 0 Å². The first-order valence-corrected chi connectivity index (χ1v) is 26.1. The van der Waals surface area contributed by atoms with Crippen molar-refractivity contribution in [1.82, 2.24) is 0 Å².